The zero-order chi connectivity index (χ0) is 13.7. The molecular formula is C13H17N5O. The van der Waals surface area contributed by atoms with Gasteiger partial charge in [-0.25, -0.2) is 0 Å². The van der Waals surface area contributed by atoms with Crippen molar-refractivity contribution in [3.63, 3.8) is 0 Å². The number of methoxy groups -OCH3 is 1. The van der Waals surface area contributed by atoms with Gasteiger partial charge in [-0.05, 0) is 25.5 Å². The lowest BCUT2D eigenvalue weighted by atomic mass is 10.2. The lowest BCUT2D eigenvalue weighted by molar-refractivity contribution is 0.379. The average Bonchev–Trinajstić information content (AvgIpc) is 2.44. The zero-order valence-corrected chi connectivity index (χ0v) is 11.3. The molecule has 0 aromatic carbocycles. The SMILES string of the molecule is CCCNc1nc(OC)nc(-c2ccnc(C)c2)n1. The van der Waals surface area contributed by atoms with E-state index in [-0.39, 0.29) is 0 Å². The first-order valence-corrected chi connectivity index (χ1v) is 6.20. The topological polar surface area (TPSA) is 72.8 Å². The second-order valence-electron chi connectivity index (χ2n) is 4.08. The third kappa shape index (κ3) is 3.37. The molecule has 1 N–H and O–H groups in total. The van der Waals surface area contributed by atoms with E-state index in [1.165, 1.54) is 0 Å². The number of hydrogen-bond donors (Lipinski definition) is 1. The molecule has 0 amide bonds. The Morgan fingerprint density at radius 1 is 1.26 bits per heavy atom. The molecule has 6 nitrogen and oxygen atoms in total. The van der Waals surface area contributed by atoms with Crippen LogP contribution in [0.3, 0.4) is 0 Å². The number of hydrogen-bond acceptors (Lipinski definition) is 6. The Kier molecular flexibility index (Phi) is 4.22. The fourth-order valence-corrected chi connectivity index (χ4v) is 1.58. The maximum absolute atomic E-state index is 5.11. The lowest BCUT2D eigenvalue weighted by Gasteiger charge is -2.07. The first-order chi connectivity index (χ1) is 9.22. The number of nitrogens with zero attached hydrogens (tertiary/aromatic N) is 4. The summed E-state index contributed by atoms with van der Waals surface area (Å²) in [5.74, 6) is 1.11. The molecule has 2 heterocycles. The van der Waals surface area contributed by atoms with Crippen molar-refractivity contribution in [3.05, 3.63) is 24.0 Å². The minimum absolute atomic E-state index is 0.304. The Morgan fingerprint density at radius 2 is 2.11 bits per heavy atom. The van der Waals surface area contributed by atoms with E-state index >= 15 is 0 Å². The second-order valence-corrected chi connectivity index (χ2v) is 4.08. The van der Waals surface area contributed by atoms with Crippen LogP contribution in [0.1, 0.15) is 19.0 Å². The monoisotopic (exact) mass is 259 g/mol. The van der Waals surface area contributed by atoms with Gasteiger partial charge < -0.3 is 10.1 Å². The molecule has 2 aromatic rings. The van der Waals surface area contributed by atoms with Crippen LogP contribution in [0, 0.1) is 6.92 Å². The first kappa shape index (κ1) is 13.2. The molecule has 0 aliphatic rings. The number of aryl methyl sites for hydroxylation is 1. The molecule has 2 aromatic heterocycles. The summed E-state index contributed by atoms with van der Waals surface area (Å²) in [5.41, 5.74) is 1.81. The number of aromatic nitrogens is 4. The molecule has 0 bridgehead atoms. The van der Waals surface area contributed by atoms with E-state index in [1.54, 1.807) is 13.3 Å². The van der Waals surface area contributed by atoms with Crippen molar-refractivity contribution in [1.29, 1.82) is 0 Å². The highest BCUT2D eigenvalue weighted by Gasteiger charge is 2.08. The van der Waals surface area contributed by atoms with Crippen LogP contribution in [-0.2, 0) is 0 Å². The maximum atomic E-state index is 5.11. The molecule has 100 valence electrons. The van der Waals surface area contributed by atoms with Crippen LogP contribution in [0.4, 0.5) is 5.95 Å². The van der Waals surface area contributed by atoms with Crippen molar-refractivity contribution in [2.45, 2.75) is 20.3 Å². The molecule has 0 aliphatic carbocycles. The maximum Gasteiger partial charge on any atom is 0.321 e. The Morgan fingerprint density at radius 3 is 2.79 bits per heavy atom. The summed E-state index contributed by atoms with van der Waals surface area (Å²) in [7, 11) is 1.54. The van der Waals surface area contributed by atoms with Crippen LogP contribution in [-0.4, -0.2) is 33.6 Å². The third-order valence-electron chi connectivity index (χ3n) is 2.49. The van der Waals surface area contributed by atoms with Gasteiger partial charge in [0.1, 0.15) is 0 Å². The number of rotatable bonds is 5. The minimum Gasteiger partial charge on any atom is -0.467 e. The largest absolute Gasteiger partial charge is 0.467 e. The minimum atomic E-state index is 0.304. The lowest BCUT2D eigenvalue weighted by Crippen LogP contribution is -2.07. The molecule has 6 heteroatoms. The normalized spacial score (nSPS) is 10.3. The Labute approximate surface area is 112 Å². The van der Waals surface area contributed by atoms with Crippen molar-refractivity contribution in [3.8, 4) is 17.4 Å². The average molecular weight is 259 g/mol. The molecule has 0 saturated heterocycles. The summed E-state index contributed by atoms with van der Waals surface area (Å²) < 4.78 is 5.11. The summed E-state index contributed by atoms with van der Waals surface area (Å²) in [4.78, 5) is 17.0. The standard InChI is InChI=1S/C13H17N5O/c1-4-6-15-12-16-11(17-13(18-12)19-3)10-5-7-14-9(2)8-10/h5,7-8H,4,6H2,1-3H3,(H,15,16,17,18). The fraction of sp³-hybridized carbons (Fsp3) is 0.385. The molecule has 0 radical (unpaired) electrons. The van der Waals surface area contributed by atoms with Crippen LogP contribution in [0.5, 0.6) is 6.01 Å². The molecule has 19 heavy (non-hydrogen) atoms. The summed E-state index contributed by atoms with van der Waals surface area (Å²) in [6.45, 7) is 4.82. The van der Waals surface area contributed by atoms with Gasteiger partial charge in [-0.15, -0.1) is 0 Å². The van der Waals surface area contributed by atoms with Crippen LogP contribution >= 0.6 is 0 Å². The van der Waals surface area contributed by atoms with Gasteiger partial charge in [0.15, 0.2) is 5.82 Å². The second kappa shape index (κ2) is 6.08. The van der Waals surface area contributed by atoms with Gasteiger partial charge in [-0.2, -0.15) is 15.0 Å². The first-order valence-electron chi connectivity index (χ1n) is 6.20. The highest BCUT2D eigenvalue weighted by Crippen LogP contribution is 2.18. The van der Waals surface area contributed by atoms with E-state index in [2.05, 4.69) is 32.2 Å². The van der Waals surface area contributed by atoms with Gasteiger partial charge in [-0.3, -0.25) is 4.98 Å². The van der Waals surface area contributed by atoms with Crippen LogP contribution in [0.15, 0.2) is 18.3 Å². The Bertz CT molecular complexity index is 558. The summed E-state index contributed by atoms with van der Waals surface area (Å²) >= 11 is 0. The van der Waals surface area contributed by atoms with Crippen LogP contribution < -0.4 is 10.1 Å². The van der Waals surface area contributed by atoms with Gasteiger partial charge in [0.05, 0.1) is 7.11 Å². The van der Waals surface area contributed by atoms with Gasteiger partial charge in [0.2, 0.25) is 5.95 Å². The van der Waals surface area contributed by atoms with Gasteiger partial charge >= 0.3 is 6.01 Å². The van der Waals surface area contributed by atoms with E-state index in [4.69, 9.17) is 4.74 Å². The van der Waals surface area contributed by atoms with Crippen LogP contribution in [0.25, 0.3) is 11.4 Å². The molecule has 0 aliphatic heterocycles. The number of pyridine rings is 1. The van der Waals surface area contributed by atoms with Crippen molar-refractivity contribution < 1.29 is 4.74 Å². The van der Waals surface area contributed by atoms with Gasteiger partial charge in [0.25, 0.3) is 0 Å². The van der Waals surface area contributed by atoms with Gasteiger partial charge in [0, 0.05) is 24.0 Å². The number of anilines is 1. The summed E-state index contributed by atoms with van der Waals surface area (Å²) in [6.07, 6.45) is 2.73. The summed E-state index contributed by atoms with van der Waals surface area (Å²) in [5, 5.41) is 3.14. The van der Waals surface area contributed by atoms with E-state index < -0.39 is 0 Å². The predicted molar refractivity (Wildman–Crippen MR) is 73.1 cm³/mol. The number of ether oxygens (including phenoxy) is 1. The summed E-state index contributed by atoms with van der Waals surface area (Å²) in [6, 6.07) is 4.10. The molecule has 0 fully saturated rings. The van der Waals surface area contributed by atoms with Crippen molar-refractivity contribution in [2.75, 3.05) is 19.0 Å². The van der Waals surface area contributed by atoms with Crippen molar-refractivity contribution >= 4 is 5.95 Å². The quantitative estimate of drug-likeness (QED) is 0.886. The fourth-order valence-electron chi connectivity index (χ4n) is 1.58. The van der Waals surface area contributed by atoms with Gasteiger partial charge in [-0.1, -0.05) is 6.92 Å². The van der Waals surface area contributed by atoms with E-state index in [0.717, 1.165) is 24.2 Å². The smallest absolute Gasteiger partial charge is 0.321 e. The highest BCUT2D eigenvalue weighted by atomic mass is 16.5. The Balaban J connectivity index is 2.38. The Hall–Kier alpha value is -2.24. The van der Waals surface area contributed by atoms with E-state index in [0.29, 0.717) is 17.8 Å². The van der Waals surface area contributed by atoms with Crippen molar-refractivity contribution in [2.24, 2.45) is 0 Å². The molecule has 0 saturated carbocycles. The predicted octanol–water partition coefficient (Wildman–Crippen LogP) is 2.07. The molecule has 2 rings (SSSR count). The van der Waals surface area contributed by atoms with Crippen LogP contribution in [0.2, 0.25) is 0 Å². The van der Waals surface area contributed by atoms with E-state index in [1.807, 2.05) is 19.1 Å². The molecule has 0 atom stereocenters. The molecular weight excluding hydrogens is 242 g/mol. The third-order valence-corrected chi connectivity index (χ3v) is 2.49. The number of nitrogens with one attached hydrogen (secondary N) is 1. The van der Waals surface area contributed by atoms with E-state index in [9.17, 15) is 0 Å². The highest BCUT2D eigenvalue weighted by molar-refractivity contribution is 5.56. The zero-order valence-electron chi connectivity index (χ0n) is 11.3. The molecule has 0 spiro atoms. The molecule has 0 unspecified atom stereocenters. The van der Waals surface area contributed by atoms with Crippen molar-refractivity contribution in [1.82, 2.24) is 19.9 Å².